The number of aliphatic carboxylic acids is 4. The van der Waals surface area contributed by atoms with Gasteiger partial charge in [-0.25, -0.2) is 4.79 Å². The normalized spacial score (nSPS) is 14.1. The van der Waals surface area contributed by atoms with E-state index in [0.717, 1.165) is 0 Å². The quantitative estimate of drug-likeness (QED) is 0.0951. The van der Waals surface area contributed by atoms with Crippen molar-refractivity contribution in [1.29, 1.82) is 0 Å². The fourth-order valence-electron chi connectivity index (χ4n) is 2.49. The molecule has 0 saturated carbocycles. The van der Waals surface area contributed by atoms with Crippen molar-refractivity contribution >= 4 is 41.6 Å². The van der Waals surface area contributed by atoms with Crippen molar-refractivity contribution in [3.63, 3.8) is 0 Å². The van der Waals surface area contributed by atoms with E-state index < -0.39 is 104 Å². The van der Waals surface area contributed by atoms with Crippen LogP contribution < -0.4 is 21.7 Å². The highest BCUT2D eigenvalue weighted by molar-refractivity contribution is 5.94. The lowest BCUT2D eigenvalue weighted by Crippen LogP contribution is -2.58. The molecule has 0 aromatic heterocycles. The van der Waals surface area contributed by atoms with Gasteiger partial charge in [0.05, 0.1) is 12.6 Å². The average Bonchev–Trinajstić information content (AvgIpc) is 2.74. The van der Waals surface area contributed by atoms with Crippen LogP contribution in [0.3, 0.4) is 0 Å². The molecule has 0 aromatic carbocycles. The van der Waals surface area contributed by atoms with E-state index >= 15 is 0 Å². The smallest absolute Gasteiger partial charge is 0.326 e. The van der Waals surface area contributed by atoms with Gasteiger partial charge < -0.3 is 47.2 Å². The van der Waals surface area contributed by atoms with Crippen LogP contribution in [-0.2, 0) is 33.6 Å². The second-order valence-corrected chi connectivity index (χ2v) is 7.11. The number of hydrogen-bond donors (Lipinski definition) is 9. The van der Waals surface area contributed by atoms with Crippen LogP contribution in [0.4, 0.5) is 0 Å². The van der Waals surface area contributed by atoms with E-state index in [4.69, 9.17) is 26.2 Å². The van der Waals surface area contributed by atoms with Crippen molar-refractivity contribution in [3.8, 4) is 0 Å². The van der Waals surface area contributed by atoms with Crippen molar-refractivity contribution in [2.45, 2.75) is 62.7 Å². The third-order valence-electron chi connectivity index (χ3n) is 4.36. The van der Waals surface area contributed by atoms with Gasteiger partial charge in [-0.3, -0.25) is 28.8 Å². The molecule has 0 radical (unpaired) electrons. The van der Waals surface area contributed by atoms with E-state index in [1.54, 1.807) is 0 Å². The molecule has 34 heavy (non-hydrogen) atoms. The lowest BCUT2D eigenvalue weighted by atomic mass is 10.1. The molecule has 0 aliphatic rings. The van der Waals surface area contributed by atoms with Crippen LogP contribution in [0.15, 0.2) is 0 Å². The molecule has 192 valence electrons. The predicted octanol–water partition coefficient (Wildman–Crippen LogP) is -3.56. The monoisotopic (exact) mass is 492 g/mol. The topological polar surface area (TPSA) is 283 Å². The molecule has 0 aliphatic carbocycles. The molecule has 0 bridgehead atoms. The van der Waals surface area contributed by atoms with Gasteiger partial charge in [0.2, 0.25) is 17.7 Å². The Balaban J connectivity index is 5.32. The Morgan fingerprint density at radius 3 is 1.41 bits per heavy atom. The maximum atomic E-state index is 12.5. The number of rotatable bonds is 17. The third-order valence-corrected chi connectivity index (χ3v) is 4.36. The maximum Gasteiger partial charge on any atom is 0.326 e. The first-order chi connectivity index (χ1) is 15.8. The lowest BCUT2D eigenvalue weighted by Gasteiger charge is -2.24. The summed E-state index contributed by atoms with van der Waals surface area (Å²) >= 11 is 0. The number of aliphatic hydroxyl groups is 1. The molecule has 0 heterocycles. The molecule has 0 aliphatic heterocycles. The van der Waals surface area contributed by atoms with Crippen molar-refractivity contribution in [1.82, 2.24) is 16.0 Å². The molecule has 16 heteroatoms. The summed E-state index contributed by atoms with van der Waals surface area (Å²) in [5.74, 6) is -8.67. The van der Waals surface area contributed by atoms with Crippen molar-refractivity contribution in [2.75, 3.05) is 6.61 Å². The second kappa shape index (κ2) is 15.1. The average molecular weight is 492 g/mol. The fraction of sp³-hybridized carbons (Fsp3) is 0.611. The Hall–Kier alpha value is -3.79. The first-order valence-corrected chi connectivity index (χ1v) is 9.94. The van der Waals surface area contributed by atoms with E-state index in [0.29, 0.717) is 0 Å². The Bertz CT molecular complexity index is 787. The highest BCUT2D eigenvalue weighted by Crippen LogP contribution is 2.04. The second-order valence-electron chi connectivity index (χ2n) is 7.11. The molecule has 3 amide bonds. The van der Waals surface area contributed by atoms with Gasteiger partial charge in [0.1, 0.15) is 18.1 Å². The van der Waals surface area contributed by atoms with E-state index in [1.807, 2.05) is 5.32 Å². The first-order valence-electron chi connectivity index (χ1n) is 9.94. The summed E-state index contributed by atoms with van der Waals surface area (Å²) in [6, 6.07) is -6.23. The molecule has 0 spiro atoms. The minimum atomic E-state index is -1.65. The van der Waals surface area contributed by atoms with Crippen LogP contribution in [0.1, 0.15) is 38.5 Å². The van der Waals surface area contributed by atoms with Gasteiger partial charge >= 0.3 is 23.9 Å². The zero-order valence-electron chi connectivity index (χ0n) is 17.9. The molecular formula is C18H28N4O12. The van der Waals surface area contributed by atoms with E-state index in [2.05, 4.69) is 10.6 Å². The number of amides is 3. The zero-order chi connectivity index (χ0) is 26.4. The molecule has 0 rings (SSSR count). The Morgan fingerprint density at radius 2 is 0.971 bits per heavy atom. The van der Waals surface area contributed by atoms with E-state index in [1.165, 1.54) is 0 Å². The fourth-order valence-corrected chi connectivity index (χ4v) is 2.49. The molecule has 4 atom stereocenters. The number of carbonyl (C=O) groups excluding carboxylic acids is 3. The number of carbonyl (C=O) groups is 7. The molecule has 0 saturated heterocycles. The summed E-state index contributed by atoms with van der Waals surface area (Å²) in [6.45, 7) is -0.965. The van der Waals surface area contributed by atoms with E-state index in [9.17, 15) is 38.7 Å². The van der Waals surface area contributed by atoms with Gasteiger partial charge in [-0.2, -0.15) is 0 Å². The van der Waals surface area contributed by atoms with Gasteiger partial charge in [-0.05, 0) is 19.3 Å². The maximum absolute atomic E-state index is 12.5. The number of nitrogens with two attached hydrogens (primary N) is 1. The summed E-state index contributed by atoms with van der Waals surface area (Å²) in [5, 5.41) is 50.9. The highest BCUT2D eigenvalue weighted by atomic mass is 16.4. The van der Waals surface area contributed by atoms with E-state index in [-0.39, 0.29) is 6.42 Å². The zero-order valence-corrected chi connectivity index (χ0v) is 17.9. The molecule has 0 aromatic rings. The summed E-state index contributed by atoms with van der Waals surface area (Å²) in [7, 11) is 0. The summed E-state index contributed by atoms with van der Waals surface area (Å²) in [6.07, 6.45) is -2.90. The number of carboxylic acid groups (broad SMARTS) is 4. The summed E-state index contributed by atoms with van der Waals surface area (Å²) in [5.41, 5.74) is 5.52. The standard InChI is InChI=1S/C18H28N4O12/c19-8(1-4-12(24)25)15(30)22-11(7-23)17(32)20-9(2-5-13(26)27)16(31)21-10(18(33)34)3-6-14(28)29/h8-11,23H,1-7,19H2,(H,20,32)(H,21,31)(H,22,30)(H,24,25)(H,26,27)(H,28,29)(H,33,34). The molecule has 0 fully saturated rings. The number of nitrogens with one attached hydrogen (secondary N) is 3. The van der Waals surface area contributed by atoms with Crippen molar-refractivity contribution < 1.29 is 59.1 Å². The third kappa shape index (κ3) is 12.3. The molecular weight excluding hydrogens is 464 g/mol. The Morgan fingerprint density at radius 1 is 0.588 bits per heavy atom. The minimum Gasteiger partial charge on any atom is -0.481 e. The van der Waals surface area contributed by atoms with Gasteiger partial charge in [-0.1, -0.05) is 0 Å². The Labute approximate surface area is 192 Å². The predicted molar refractivity (Wildman–Crippen MR) is 109 cm³/mol. The molecule has 4 unspecified atom stereocenters. The van der Waals surface area contributed by atoms with Gasteiger partial charge in [0, 0.05) is 19.3 Å². The van der Waals surface area contributed by atoms with Crippen LogP contribution in [0.5, 0.6) is 0 Å². The Kier molecular flexibility index (Phi) is 13.4. The largest absolute Gasteiger partial charge is 0.481 e. The highest BCUT2D eigenvalue weighted by Gasteiger charge is 2.30. The summed E-state index contributed by atoms with van der Waals surface area (Å²) in [4.78, 5) is 80.3. The van der Waals surface area contributed by atoms with Gasteiger partial charge in [0.15, 0.2) is 0 Å². The van der Waals surface area contributed by atoms with Crippen molar-refractivity contribution in [3.05, 3.63) is 0 Å². The first kappa shape index (κ1) is 30.2. The van der Waals surface area contributed by atoms with Crippen LogP contribution >= 0.6 is 0 Å². The van der Waals surface area contributed by atoms with Gasteiger partial charge in [-0.15, -0.1) is 0 Å². The summed E-state index contributed by atoms with van der Waals surface area (Å²) < 4.78 is 0. The lowest BCUT2D eigenvalue weighted by molar-refractivity contribution is -0.144. The molecule has 10 N–H and O–H groups in total. The molecule has 16 nitrogen and oxygen atoms in total. The minimum absolute atomic E-state index is 0.266. The van der Waals surface area contributed by atoms with Crippen molar-refractivity contribution in [2.24, 2.45) is 5.73 Å². The number of hydrogen-bond acceptors (Lipinski definition) is 9. The van der Waals surface area contributed by atoms with Gasteiger partial charge in [0.25, 0.3) is 0 Å². The van der Waals surface area contributed by atoms with Crippen LogP contribution in [0.25, 0.3) is 0 Å². The number of aliphatic hydroxyl groups excluding tert-OH is 1. The van der Waals surface area contributed by atoms with Crippen LogP contribution in [0, 0.1) is 0 Å². The number of carboxylic acids is 4. The SMILES string of the molecule is NC(CCC(=O)O)C(=O)NC(CO)C(=O)NC(CCC(=O)O)C(=O)NC(CCC(=O)O)C(=O)O. The van der Waals surface area contributed by atoms with Crippen LogP contribution in [-0.4, -0.2) is 97.9 Å². The van der Waals surface area contributed by atoms with Crippen LogP contribution in [0.2, 0.25) is 0 Å².